The van der Waals surface area contributed by atoms with Crippen molar-refractivity contribution in [2.24, 2.45) is 0 Å². The van der Waals surface area contributed by atoms with Gasteiger partial charge in [0, 0.05) is 29.1 Å². The van der Waals surface area contributed by atoms with Gasteiger partial charge in [-0.1, -0.05) is 48.5 Å². The summed E-state index contributed by atoms with van der Waals surface area (Å²) in [7, 11) is 3.18. The molecule has 1 aliphatic heterocycles. The molecule has 0 saturated heterocycles. The van der Waals surface area contributed by atoms with Crippen LogP contribution in [0.5, 0.6) is 11.5 Å². The number of amides is 2. The molecule has 0 spiro atoms. The summed E-state index contributed by atoms with van der Waals surface area (Å²) in [6.07, 6.45) is 0. The molecule has 1 N–H and O–H groups in total. The zero-order chi connectivity index (χ0) is 25.3. The smallest absolute Gasteiger partial charge is 0.271 e. The molecule has 2 amide bonds. The second-order valence-electron chi connectivity index (χ2n) is 9.19. The van der Waals surface area contributed by atoms with Crippen molar-refractivity contribution in [3.63, 3.8) is 0 Å². The highest BCUT2D eigenvalue weighted by Gasteiger charge is 2.47. The molecule has 36 heavy (non-hydrogen) atoms. The lowest BCUT2D eigenvalue weighted by molar-refractivity contribution is -0.133. The van der Waals surface area contributed by atoms with Crippen LogP contribution < -0.4 is 14.8 Å². The molecule has 3 aromatic carbocycles. The van der Waals surface area contributed by atoms with Crippen molar-refractivity contribution in [1.29, 1.82) is 0 Å². The first-order valence-electron chi connectivity index (χ1n) is 11.9. The van der Waals surface area contributed by atoms with Crippen LogP contribution >= 0.6 is 0 Å². The number of para-hydroxylation sites is 1. The van der Waals surface area contributed by atoms with Gasteiger partial charge in [0.15, 0.2) is 0 Å². The largest absolute Gasteiger partial charge is 0.497 e. The van der Waals surface area contributed by atoms with Crippen molar-refractivity contribution >= 4 is 22.7 Å². The third kappa shape index (κ3) is 4.06. The zero-order valence-corrected chi connectivity index (χ0v) is 20.7. The third-order valence-corrected chi connectivity index (χ3v) is 6.94. The van der Waals surface area contributed by atoms with E-state index in [2.05, 4.69) is 5.32 Å². The van der Waals surface area contributed by atoms with Crippen molar-refractivity contribution < 1.29 is 19.1 Å². The molecular weight excluding hydrogens is 454 g/mol. The Balaban J connectivity index is 1.55. The van der Waals surface area contributed by atoms with Crippen molar-refractivity contribution in [2.75, 3.05) is 14.2 Å². The predicted octanol–water partition coefficient (Wildman–Crippen LogP) is 4.39. The Bertz CT molecular complexity index is 1430. The van der Waals surface area contributed by atoms with Gasteiger partial charge in [0.05, 0.1) is 27.3 Å². The first-order valence-corrected chi connectivity index (χ1v) is 11.9. The number of ether oxygens (including phenoxy) is 2. The van der Waals surface area contributed by atoms with Crippen molar-refractivity contribution in [3.8, 4) is 11.5 Å². The second kappa shape index (κ2) is 9.41. The number of methoxy groups -OCH3 is 2. The zero-order valence-electron chi connectivity index (χ0n) is 20.7. The Morgan fingerprint density at radius 2 is 1.72 bits per heavy atom. The lowest BCUT2D eigenvalue weighted by Gasteiger charge is -2.44. The maximum absolute atomic E-state index is 14.0. The minimum atomic E-state index is -1.13. The second-order valence-corrected chi connectivity index (χ2v) is 9.19. The molecule has 0 aliphatic carbocycles. The highest BCUT2D eigenvalue weighted by molar-refractivity contribution is 6.03. The number of aromatic nitrogens is 1. The van der Waals surface area contributed by atoms with Gasteiger partial charge in [-0.15, -0.1) is 0 Å². The molecule has 5 rings (SSSR count). The van der Waals surface area contributed by atoms with E-state index >= 15 is 0 Å². The average molecular weight is 484 g/mol. The number of hydrogen-bond donors (Lipinski definition) is 1. The van der Waals surface area contributed by atoms with E-state index in [1.807, 2.05) is 84.3 Å². The monoisotopic (exact) mass is 483 g/mol. The normalized spacial score (nSPS) is 17.1. The molecule has 7 heteroatoms. The van der Waals surface area contributed by atoms with Crippen molar-refractivity contribution in [2.45, 2.75) is 32.1 Å². The number of carbonyl (C=O) groups excluding carboxylic acids is 2. The van der Waals surface area contributed by atoms with Crippen molar-refractivity contribution in [1.82, 2.24) is 14.8 Å². The standard InChI is InChI=1S/C29H29N3O4/c1-29(28(34)30-17-20-9-5-4-6-10-20)19-31-24-12-8-7-11-21(24)15-25(31)27(33)32(29)18-22-13-14-23(35-2)16-26(22)36-3/h4-16H,17-19H2,1-3H3,(H,30,34)/t29-/m0/s1. The predicted molar refractivity (Wildman–Crippen MR) is 138 cm³/mol. The molecule has 0 saturated carbocycles. The van der Waals surface area contributed by atoms with E-state index in [1.165, 1.54) is 0 Å². The number of rotatable bonds is 7. The van der Waals surface area contributed by atoms with Crippen LogP contribution in [0.3, 0.4) is 0 Å². The number of benzene rings is 3. The maximum atomic E-state index is 14.0. The molecule has 7 nitrogen and oxygen atoms in total. The van der Waals surface area contributed by atoms with Gasteiger partial charge < -0.3 is 24.3 Å². The van der Waals surface area contributed by atoms with E-state index in [0.717, 1.165) is 22.0 Å². The summed E-state index contributed by atoms with van der Waals surface area (Å²) in [5.74, 6) is 0.840. The van der Waals surface area contributed by atoms with Crippen LogP contribution in [0, 0.1) is 0 Å². The third-order valence-electron chi connectivity index (χ3n) is 6.94. The summed E-state index contributed by atoms with van der Waals surface area (Å²) in [5.41, 5.74) is 2.15. The summed E-state index contributed by atoms with van der Waals surface area (Å²) in [4.78, 5) is 29.4. The van der Waals surface area contributed by atoms with Crippen LogP contribution in [-0.2, 0) is 24.4 Å². The molecule has 1 atom stereocenters. The minimum Gasteiger partial charge on any atom is -0.497 e. The highest BCUT2D eigenvalue weighted by Crippen LogP contribution is 2.35. The molecule has 0 radical (unpaired) electrons. The summed E-state index contributed by atoms with van der Waals surface area (Å²) in [6, 6.07) is 25.0. The first-order chi connectivity index (χ1) is 17.4. The number of carbonyl (C=O) groups is 2. The average Bonchev–Trinajstić information content (AvgIpc) is 3.28. The lowest BCUT2D eigenvalue weighted by atomic mass is 9.93. The molecule has 4 aromatic rings. The van der Waals surface area contributed by atoms with Crippen molar-refractivity contribution in [3.05, 3.63) is 95.7 Å². The molecule has 1 aromatic heterocycles. The van der Waals surface area contributed by atoms with Gasteiger partial charge in [0.25, 0.3) is 5.91 Å². The number of fused-ring (bicyclic) bond motifs is 3. The van der Waals surface area contributed by atoms with Gasteiger partial charge in [-0.3, -0.25) is 9.59 Å². The van der Waals surface area contributed by atoms with E-state index < -0.39 is 5.54 Å². The first kappa shape index (κ1) is 23.5. The Hall–Kier alpha value is -4.26. The Morgan fingerprint density at radius 1 is 0.972 bits per heavy atom. The molecule has 1 aliphatic rings. The summed E-state index contributed by atoms with van der Waals surface area (Å²) in [5, 5.41) is 4.04. The molecule has 184 valence electrons. The minimum absolute atomic E-state index is 0.201. The van der Waals surface area contributed by atoms with E-state index in [1.54, 1.807) is 25.2 Å². The lowest BCUT2D eigenvalue weighted by Crippen LogP contribution is -2.63. The van der Waals surface area contributed by atoms with E-state index in [4.69, 9.17) is 9.47 Å². The van der Waals surface area contributed by atoms with Gasteiger partial charge in [0.1, 0.15) is 22.7 Å². The summed E-state index contributed by atoms with van der Waals surface area (Å²) < 4.78 is 12.9. The Kier molecular flexibility index (Phi) is 6.14. The molecule has 2 heterocycles. The fourth-order valence-corrected chi connectivity index (χ4v) is 4.88. The van der Waals surface area contributed by atoms with E-state index in [0.29, 0.717) is 30.3 Å². The van der Waals surface area contributed by atoms with Gasteiger partial charge in [-0.25, -0.2) is 0 Å². The van der Waals surface area contributed by atoms with E-state index in [-0.39, 0.29) is 18.4 Å². The van der Waals surface area contributed by atoms with Crippen LogP contribution in [0.4, 0.5) is 0 Å². The van der Waals surface area contributed by atoms with Crippen LogP contribution in [0.1, 0.15) is 28.5 Å². The molecule has 0 unspecified atom stereocenters. The fourth-order valence-electron chi connectivity index (χ4n) is 4.88. The molecule has 0 fully saturated rings. The van der Waals surface area contributed by atoms with Gasteiger partial charge in [-0.05, 0) is 36.8 Å². The topological polar surface area (TPSA) is 72.8 Å². The summed E-state index contributed by atoms with van der Waals surface area (Å²) >= 11 is 0. The molecule has 0 bridgehead atoms. The fraction of sp³-hybridized carbons (Fsp3) is 0.241. The Morgan fingerprint density at radius 3 is 2.47 bits per heavy atom. The van der Waals surface area contributed by atoms with Crippen LogP contribution in [0.2, 0.25) is 0 Å². The summed E-state index contributed by atoms with van der Waals surface area (Å²) in [6.45, 7) is 2.75. The molecular formula is C29H29N3O4. The SMILES string of the molecule is COc1ccc(CN2C(=O)c3cc4ccccc4n3C[C@@]2(C)C(=O)NCc2ccccc2)c(OC)c1. The van der Waals surface area contributed by atoms with Crippen LogP contribution in [0.15, 0.2) is 78.9 Å². The quantitative estimate of drug-likeness (QED) is 0.423. The highest BCUT2D eigenvalue weighted by atomic mass is 16.5. The van der Waals surface area contributed by atoms with Gasteiger partial charge >= 0.3 is 0 Å². The Labute approximate surface area is 210 Å². The number of hydrogen-bond acceptors (Lipinski definition) is 4. The van der Waals surface area contributed by atoms with Gasteiger partial charge in [0.2, 0.25) is 5.91 Å². The van der Waals surface area contributed by atoms with E-state index in [9.17, 15) is 9.59 Å². The van der Waals surface area contributed by atoms with Crippen LogP contribution in [-0.4, -0.2) is 41.0 Å². The maximum Gasteiger partial charge on any atom is 0.271 e. The van der Waals surface area contributed by atoms with Gasteiger partial charge in [-0.2, -0.15) is 0 Å². The number of nitrogens with zero attached hydrogens (tertiary/aromatic N) is 2. The number of nitrogens with one attached hydrogen (secondary N) is 1. The van der Waals surface area contributed by atoms with Crippen LogP contribution in [0.25, 0.3) is 10.9 Å².